The van der Waals surface area contributed by atoms with E-state index in [4.69, 9.17) is 21.3 Å². The van der Waals surface area contributed by atoms with Crippen LogP contribution >= 0.6 is 11.6 Å². The van der Waals surface area contributed by atoms with Crippen LogP contribution in [0.15, 0.2) is 30.6 Å². The van der Waals surface area contributed by atoms with Crippen LogP contribution < -0.4 is 4.90 Å². The Kier molecular flexibility index (Phi) is 5.59. The lowest BCUT2D eigenvalue weighted by Crippen LogP contribution is -2.39. The van der Waals surface area contributed by atoms with Crippen molar-refractivity contribution in [2.24, 2.45) is 0 Å². The molecule has 1 saturated heterocycles. The van der Waals surface area contributed by atoms with Crippen LogP contribution in [0.25, 0.3) is 22.4 Å². The molecule has 10 heteroatoms. The van der Waals surface area contributed by atoms with Crippen LogP contribution in [0.3, 0.4) is 0 Å². The van der Waals surface area contributed by atoms with Crippen LogP contribution in [-0.4, -0.2) is 49.6 Å². The molecule has 3 aromatic heterocycles. The van der Waals surface area contributed by atoms with E-state index in [1.165, 1.54) is 6.07 Å². The van der Waals surface area contributed by atoms with E-state index < -0.39 is 5.82 Å². The molecule has 0 saturated carbocycles. The molecule has 4 aromatic rings. The number of nitrogens with zero attached hydrogens (tertiary/aromatic N) is 7. The highest BCUT2D eigenvalue weighted by atomic mass is 35.5. The summed E-state index contributed by atoms with van der Waals surface area (Å²) in [6.45, 7) is 7.11. The molecule has 1 aliphatic heterocycles. The van der Waals surface area contributed by atoms with E-state index in [0.29, 0.717) is 58.9 Å². The van der Waals surface area contributed by atoms with Gasteiger partial charge >= 0.3 is 0 Å². The molecule has 1 fully saturated rings. The predicted octanol–water partition coefficient (Wildman–Crippen LogP) is 4.17. The van der Waals surface area contributed by atoms with Crippen LogP contribution in [0.4, 0.5) is 10.3 Å². The second kappa shape index (κ2) is 8.57. The fourth-order valence-electron chi connectivity index (χ4n) is 3.71. The van der Waals surface area contributed by atoms with Crippen molar-refractivity contribution in [3.63, 3.8) is 0 Å². The molecule has 0 spiro atoms. The number of halogens is 2. The van der Waals surface area contributed by atoms with Crippen molar-refractivity contribution in [2.75, 3.05) is 24.6 Å². The van der Waals surface area contributed by atoms with Crippen LogP contribution in [0.2, 0.25) is 5.02 Å². The lowest BCUT2D eigenvalue weighted by atomic mass is 10.1. The maximum Gasteiger partial charge on any atom is 0.228 e. The lowest BCUT2D eigenvalue weighted by molar-refractivity contribution is 0.0388. The summed E-state index contributed by atoms with van der Waals surface area (Å²) in [6, 6.07) is 4.50. The zero-order valence-corrected chi connectivity index (χ0v) is 19.1. The Morgan fingerprint density at radius 1 is 1.03 bits per heavy atom. The average Bonchev–Trinajstić information content (AvgIpc) is 2.80. The van der Waals surface area contributed by atoms with Crippen LogP contribution in [0.1, 0.15) is 28.9 Å². The highest BCUT2D eigenvalue weighted by Crippen LogP contribution is 2.32. The third-order valence-corrected chi connectivity index (χ3v) is 5.87. The van der Waals surface area contributed by atoms with E-state index in [1.54, 1.807) is 24.5 Å². The number of benzene rings is 1. The number of morpholine rings is 1. The van der Waals surface area contributed by atoms with E-state index in [-0.39, 0.29) is 6.10 Å². The number of aryl methyl sites for hydroxylation is 3. The molecular weight excluding hydrogens is 445 g/mol. The molecule has 0 N–H and O–H groups in total. The van der Waals surface area contributed by atoms with Gasteiger partial charge in [0.05, 0.1) is 24.5 Å². The summed E-state index contributed by atoms with van der Waals surface area (Å²) >= 11 is 5.97. The molecule has 4 heterocycles. The topological polar surface area (TPSA) is 89.8 Å². The van der Waals surface area contributed by atoms with Gasteiger partial charge in [-0.05, 0) is 39.0 Å². The van der Waals surface area contributed by atoms with Crippen molar-refractivity contribution in [2.45, 2.75) is 26.9 Å². The Bertz CT molecular complexity index is 1350. The van der Waals surface area contributed by atoms with Gasteiger partial charge in [-0.25, -0.2) is 29.3 Å². The van der Waals surface area contributed by atoms with E-state index in [0.717, 1.165) is 17.0 Å². The molecule has 33 heavy (non-hydrogen) atoms. The fraction of sp³-hybridized carbons (Fsp3) is 0.304. The molecule has 8 nitrogen and oxygen atoms in total. The van der Waals surface area contributed by atoms with Gasteiger partial charge < -0.3 is 9.64 Å². The van der Waals surface area contributed by atoms with E-state index in [2.05, 4.69) is 24.9 Å². The number of aromatic nitrogens is 6. The Hall–Kier alpha value is -3.30. The molecule has 1 aromatic carbocycles. The van der Waals surface area contributed by atoms with Crippen LogP contribution in [0.5, 0.6) is 0 Å². The number of hydrogen-bond acceptors (Lipinski definition) is 8. The second-order valence-corrected chi connectivity index (χ2v) is 8.37. The predicted molar refractivity (Wildman–Crippen MR) is 123 cm³/mol. The van der Waals surface area contributed by atoms with Gasteiger partial charge in [0.2, 0.25) is 5.95 Å². The standard InChI is InChI=1S/C23H21ClFN7O/c1-12-13(2)29-22-21(28-12)20(17-5-4-16(24)8-18(17)25)30-23(31-22)32-6-7-33-19(11-32)15-9-26-14(3)27-10-15/h4-5,8-10,19H,6-7,11H2,1-3H3. The molecule has 0 amide bonds. The molecule has 1 atom stereocenters. The molecule has 5 rings (SSSR count). The van der Waals surface area contributed by atoms with Crippen molar-refractivity contribution in [3.05, 3.63) is 64.2 Å². The third-order valence-electron chi connectivity index (χ3n) is 5.64. The van der Waals surface area contributed by atoms with Crippen LogP contribution in [-0.2, 0) is 4.74 Å². The largest absolute Gasteiger partial charge is 0.370 e. The minimum atomic E-state index is -0.481. The minimum Gasteiger partial charge on any atom is -0.370 e. The molecule has 0 radical (unpaired) electrons. The Morgan fingerprint density at radius 2 is 1.79 bits per heavy atom. The quantitative estimate of drug-likeness (QED) is 0.445. The third kappa shape index (κ3) is 4.21. The normalized spacial score (nSPS) is 16.4. The van der Waals surface area contributed by atoms with Crippen LogP contribution in [0, 0.1) is 26.6 Å². The SMILES string of the molecule is Cc1ncc(C2CN(c3nc(-c4ccc(Cl)cc4F)c4nc(C)c(C)nc4n3)CCO2)cn1. The summed E-state index contributed by atoms with van der Waals surface area (Å²) < 4.78 is 20.8. The monoisotopic (exact) mass is 465 g/mol. The van der Waals surface area contributed by atoms with Gasteiger partial charge in [0.25, 0.3) is 0 Å². The van der Waals surface area contributed by atoms with Gasteiger partial charge in [-0.3, -0.25) is 0 Å². The van der Waals surface area contributed by atoms with E-state index >= 15 is 0 Å². The first kappa shape index (κ1) is 21.5. The Labute approximate surface area is 194 Å². The molecule has 1 unspecified atom stereocenters. The first-order chi connectivity index (χ1) is 15.9. The van der Waals surface area contributed by atoms with E-state index in [9.17, 15) is 4.39 Å². The maximum atomic E-state index is 14.9. The minimum absolute atomic E-state index is 0.236. The molecular formula is C23H21ClFN7O. The number of hydrogen-bond donors (Lipinski definition) is 0. The number of fused-ring (bicyclic) bond motifs is 1. The highest BCUT2D eigenvalue weighted by Gasteiger charge is 2.26. The summed E-state index contributed by atoms with van der Waals surface area (Å²) in [6.07, 6.45) is 3.30. The fourth-order valence-corrected chi connectivity index (χ4v) is 3.87. The summed E-state index contributed by atoms with van der Waals surface area (Å²) in [5.74, 6) is 0.652. The lowest BCUT2D eigenvalue weighted by Gasteiger charge is -2.33. The Balaban J connectivity index is 1.61. The zero-order chi connectivity index (χ0) is 23.1. The van der Waals surface area contributed by atoms with Gasteiger partial charge in [0, 0.05) is 35.1 Å². The molecule has 1 aliphatic rings. The first-order valence-electron chi connectivity index (χ1n) is 10.5. The van der Waals surface area contributed by atoms with Gasteiger partial charge in [0.15, 0.2) is 5.65 Å². The first-order valence-corrected chi connectivity index (χ1v) is 10.9. The van der Waals surface area contributed by atoms with Gasteiger partial charge in [0.1, 0.15) is 29.0 Å². The smallest absolute Gasteiger partial charge is 0.228 e. The molecule has 0 bridgehead atoms. The van der Waals surface area contributed by atoms with Gasteiger partial charge in [-0.1, -0.05) is 11.6 Å². The van der Waals surface area contributed by atoms with Crippen molar-refractivity contribution in [1.82, 2.24) is 29.9 Å². The van der Waals surface area contributed by atoms with Crippen molar-refractivity contribution >= 4 is 28.7 Å². The highest BCUT2D eigenvalue weighted by molar-refractivity contribution is 6.30. The van der Waals surface area contributed by atoms with Crippen molar-refractivity contribution in [3.8, 4) is 11.3 Å². The zero-order valence-electron chi connectivity index (χ0n) is 18.4. The average molecular weight is 466 g/mol. The van der Waals surface area contributed by atoms with Gasteiger partial charge in [-0.2, -0.15) is 4.98 Å². The number of ether oxygens (including phenoxy) is 1. The molecule has 168 valence electrons. The van der Waals surface area contributed by atoms with Gasteiger partial charge in [-0.15, -0.1) is 0 Å². The maximum absolute atomic E-state index is 14.9. The van der Waals surface area contributed by atoms with Crippen molar-refractivity contribution < 1.29 is 9.13 Å². The van der Waals surface area contributed by atoms with E-state index in [1.807, 2.05) is 25.7 Å². The summed E-state index contributed by atoms with van der Waals surface area (Å²) in [5.41, 5.74) is 3.89. The number of anilines is 1. The summed E-state index contributed by atoms with van der Waals surface area (Å²) in [7, 11) is 0. The summed E-state index contributed by atoms with van der Waals surface area (Å²) in [5, 5.41) is 0.310. The Morgan fingerprint density at radius 3 is 2.55 bits per heavy atom. The summed E-state index contributed by atoms with van der Waals surface area (Å²) in [4.78, 5) is 29.2. The second-order valence-electron chi connectivity index (χ2n) is 7.93. The number of rotatable bonds is 3. The van der Waals surface area contributed by atoms with Crippen molar-refractivity contribution in [1.29, 1.82) is 0 Å². The molecule has 0 aliphatic carbocycles.